The normalized spacial score (nSPS) is 19.7. The highest BCUT2D eigenvalue weighted by Gasteiger charge is 2.48. The molecule has 39 heavy (non-hydrogen) atoms. The zero-order valence-electron chi connectivity index (χ0n) is 23.0. The smallest absolute Gasteiger partial charge is 0.410 e. The number of aromatic nitrogens is 2. The quantitative estimate of drug-likeness (QED) is 0.482. The Labute approximate surface area is 226 Å². The van der Waals surface area contributed by atoms with Gasteiger partial charge in [-0.15, -0.1) is 0 Å². The summed E-state index contributed by atoms with van der Waals surface area (Å²) in [6.07, 6.45) is 3.34. The van der Waals surface area contributed by atoms with E-state index in [1.54, 1.807) is 26.2 Å². The molecule has 1 spiro atoms. The number of amides is 2. The first-order chi connectivity index (χ1) is 18.4. The van der Waals surface area contributed by atoms with Crippen molar-refractivity contribution in [3.8, 4) is 5.75 Å². The Morgan fingerprint density at radius 1 is 1.15 bits per heavy atom. The van der Waals surface area contributed by atoms with E-state index in [1.807, 2.05) is 43.9 Å². The lowest BCUT2D eigenvalue weighted by molar-refractivity contribution is -0.129. The number of hydrogen-bond acceptors (Lipinski definition) is 9. The average molecular weight is 535 g/mol. The molecule has 0 atom stereocenters. The fourth-order valence-electron chi connectivity index (χ4n) is 5.50. The molecule has 2 fully saturated rings. The van der Waals surface area contributed by atoms with Gasteiger partial charge >= 0.3 is 6.09 Å². The number of carbonyl (C=O) groups is 2. The predicted octanol–water partition coefficient (Wildman–Crippen LogP) is 4.91. The van der Waals surface area contributed by atoms with Gasteiger partial charge in [-0.2, -0.15) is 4.98 Å². The minimum absolute atomic E-state index is 0.00289. The van der Waals surface area contributed by atoms with E-state index in [-0.39, 0.29) is 17.4 Å². The molecule has 1 aromatic carbocycles. The van der Waals surface area contributed by atoms with Crippen molar-refractivity contribution in [2.75, 3.05) is 41.7 Å². The van der Waals surface area contributed by atoms with Gasteiger partial charge < -0.3 is 34.3 Å². The molecule has 2 saturated heterocycles. The number of likely N-dealkylation sites (tertiary alicyclic amines) is 1. The van der Waals surface area contributed by atoms with Crippen LogP contribution in [0, 0.1) is 5.41 Å². The van der Waals surface area contributed by atoms with Crippen LogP contribution in [-0.4, -0.2) is 64.2 Å². The number of ether oxygens (including phenoxy) is 2. The van der Waals surface area contributed by atoms with E-state index in [0.717, 1.165) is 25.9 Å². The monoisotopic (exact) mass is 534 g/mol. The third-order valence-electron chi connectivity index (χ3n) is 7.35. The fourth-order valence-corrected chi connectivity index (χ4v) is 5.50. The maximum absolute atomic E-state index is 12.7. The lowest BCUT2D eigenvalue weighted by Gasteiger charge is -2.54. The van der Waals surface area contributed by atoms with Crippen LogP contribution in [0.5, 0.6) is 5.75 Å². The molecule has 5 heterocycles. The largest absolute Gasteiger partial charge is 0.476 e. The lowest BCUT2D eigenvalue weighted by atomic mass is 9.73. The van der Waals surface area contributed by atoms with E-state index in [4.69, 9.17) is 18.9 Å². The molecule has 2 amide bonds. The van der Waals surface area contributed by atoms with Crippen molar-refractivity contribution in [2.45, 2.75) is 58.7 Å². The molecule has 11 nitrogen and oxygen atoms in total. The minimum atomic E-state index is -0.927. The zero-order chi connectivity index (χ0) is 27.6. The van der Waals surface area contributed by atoms with Crippen molar-refractivity contribution in [1.82, 2.24) is 14.9 Å². The Hall–Kier alpha value is -4.02. The Balaban J connectivity index is 1.20. The second-order valence-corrected chi connectivity index (χ2v) is 12.3. The number of anilines is 4. The van der Waals surface area contributed by atoms with Crippen LogP contribution >= 0.6 is 0 Å². The number of benzene rings is 1. The van der Waals surface area contributed by atoms with Crippen molar-refractivity contribution in [3.63, 3.8) is 0 Å². The molecule has 0 bridgehead atoms. The number of hydrogen-bond donors (Lipinski definition) is 2. The summed E-state index contributed by atoms with van der Waals surface area (Å²) in [7, 11) is 0. The molecule has 0 saturated carbocycles. The molecule has 6 rings (SSSR count). The number of piperidine rings is 1. The summed E-state index contributed by atoms with van der Waals surface area (Å²) >= 11 is 0. The van der Waals surface area contributed by atoms with Gasteiger partial charge in [0.05, 0.1) is 12.0 Å². The van der Waals surface area contributed by atoms with Gasteiger partial charge in [0, 0.05) is 43.3 Å². The van der Waals surface area contributed by atoms with Gasteiger partial charge in [-0.1, -0.05) is 0 Å². The van der Waals surface area contributed by atoms with E-state index in [2.05, 4.69) is 20.5 Å². The van der Waals surface area contributed by atoms with Crippen LogP contribution in [0.15, 0.2) is 34.9 Å². The van der Waals surface area contributed by atoms with Gasteiger partial charge in [0.25, 0.3) is 5.91 Å². The third kappa shape index (κ3) is 4.81. The summed E-state index contributed by atoms with van der Waals surface area (Å²) in [6.45, 7) is 12.0. The van der Waals surface area contributed by atoms with Crippen molar-refractivity contribution in [1.29, 1.82) is 0 Å². The molecule has 3 aliphatic heterocycles. The Bertz CT molecular complexity index is 1450. The molecule has 2 aromatic heterocycles. The molecule has 0 radical (unpaired) electrons. The molecule has 0 unspecified atom stereocenters. The van der Waals surface area contributed by atoms with Crippen LogP contribution in [0.4, 0.5) is 27.9 Å². The molecular formula is C28H34N6O5. The van der Waals surface area contributed by atoms with E-state index >= 15 is 0 Å². The summed E-state index contributed by atoms with van der Waals surface area (Å²) in [4.78, 5) is 38.5. The predicted molar refractivity (Wildman–Crippen MR) is 147 cm³/mol. The number of rotatable bonds is 3. The van der Waals surface area contributed by atoms with Crippen LogP contribution in [0.1, 0.15) is 47.5 Å². The highest BCUT2D eigenvalue weighted by atomic mass is 16.6. The first-order valence-electron chi connectivity index (χ1n) is 13.3. The van der Waals surface area contributed by atoms with E-state index < -0.39 is 11.2 Å². The Morgan fingerprint density at radius 2 is 1.95 bits per heavy atom. The average Bonchev–Trinajstić information content (AvgIpc) is 3.31. The maximum Gasteiger partial charge on any atom is 0.410 e. The summed E-state index contributed by atoms with van der Waals surface area (Å²) in [5.74, 6) is 1.53. The van der Waals surface area contributed by atoms with Gasteiger partial charge in [0.15, 0.2) is 17.0 Å². The first kappa shape index (κ1) is 25.3. The van der Waals surface area contributed by atoms with Crippen molar-refractivity contribution >= 4 is 46.2 Å². The SMILES string of the molecule is CC(C)(C)OC(=O)N1CCCC2(C1)CN(c1nc(Nc3ccc4c(c3)NC(=O)C(C)(C)O4)nc3ccoc13)C2. The topological polar surface area (TPSA) is 122 Å². The van der Waals surface area contributed by atoms with E-state index in [0.29, 0.717) is 53.1 Å². The standard InChI is InChI=1S/C28H34N6O5/c1-26(2,3)39-25(36)33-11-6-10-28(14-33)15-34(16-28)22-21-18(9-12-37-21)31-24(32-22)29-17-7-8-20-19(13-17)30-23(35)27(4,5)38-20/h7-9,12-13H,6,10-11,14-16H2,1-5H3,(H,30,35)(H,29,31,32). The molecule has 3 aliphatic rings. The van der Waals surface area contributed by atoms with Crippen LogP contribution in [-0.2, 0) is 9.53 Å². The number of nitrogens with one attached hydrogen (secondary N) is 2. The van der Waals surface area contributed by atoms with Gasteiger partial charge in [-0.3, -0.25) is 4.79 Å². The maximum atomic E-state index is 12.7. The summed E-state index contributed by atoms with van der Waals surface area (Å²) < 4.78 is 17.2. The first-order valence-corrected chi connectivity index (χ1v) is 13.3. The minimum Gasteiger partial charge on any atom is -0.476 e. The van der Waals surface area contributed by atoms with Gasteiger partial charge in [-0.05, 0) is 65.7 Å². The van der Waals surface area contributed by atoms with Gasteiger partial charge in [0.1, 0.15) is 16.9 Å². The van der Waals surface area contributed by atoms with Crippen molar-refractivity contribution < 1.29 is 23.5 Å². The Kier molecular flexibility index (Phi) is 5.67. The molecule has 2 N–H and O–H groups in total. The van der Waals surface area contributed by atoms with E-state index in [9.17, 15) is 9.59 Å². The second-order valence-electron chi connectivity index (χ2n) is 12.3. The lowest BCUT2D eigenvalue weighted by Crippen LogP contribution is -2.64. The Morgan fingerprint density at radius 3 is 2.72 bits per heavy atom. The van der Waals surface area contributed by atoms with Crippen LogP contribution in [0.25, 0.3) is 11.1 Å². The third-order valence-corrected chi connectivity index (χ3v) is 7.35. The van der Waals surface area contributed by atoms with Gasteiger partial charge in [0.2, 0.25) is 5.95 Å². The van der Waals surface area contributed by atoms with Gasteiger partial charge in [-0.25, -0.2) is 9.78 Å². The molecule has 11 heteroatoms. The fraction of sp³-hybridized carbons (Fsp3) is 0.500. The molecule has 0 aliphatic carbocycles. The summed E-state index contributed by atoms with van der Waals surface area (Å²) in [5, 5.41) is 6.16. The van der Waals surface area contributed by atoms with E-state index in [1.165, 1.54) is 0 Å². The van der Waals surface area contributed by atoms with Crippen molar-refractivity contribution in [3.05, 3.63) is 30.5 Å². The van der Waals surface area contributed by atoms with Crippen LogP contribution in [0.3, 0.4) is 0 Å². The number of fused-ring (bicyclic) bond motifs is 2. The summed E-state index contributed by atoms with van der Waals surface area (Å²) in [5.41, 5.74) is 1.18. The molecule has 3 aromatic rings. The van der Waals surface area contributed by atoms with Crippen molar-refractivity contribution in [2.24, 2.45) is 5.41 Å². The highest BCUT2D eigenvalue weighted by Crippen LogP contribution is 2.43. The van der Waals surface area contributed by atoms with Crippen LogP contribution < -0.4 is 20.3 Å². The number of nitrogens with zero attached hydrogens (tertiary/aromatic N) is 4. The summed E-state index contributed by atoms with van der Waals surface area (Å²) in [6, 6.07) is 7.29. The number of carbonyl (C=O) groups excluding carboxylic acids is 2. The number of furan rings is 1. The zero-order valence-corrected chi connectivity index (χ0v) is 23.0. The molecule has 206 valence electrons. The van der Waals surface area contributed by atoms with Crippen LogP contribution in [0.2, 0.25) is 0 Å². The second kappa shape index (κ2) is 8.75. The molecular weight excluding hydrogens is 500 g/mol. The highest BCUT2D eigenvalue weighted by molar-refractivity contribution is 6.00.